The van der Waals surface area contributed by atoms with E-state index in [4.69, 9.17) is 9.97 Å². The number of aromatic nitrogens is 8. The number of anilines is 1. The highest BCUT2D eigenvalue weighted by Crippen LogP contribution is 2.33. The maximum atomic E-state index is 13.2. The van der Waals surface area contributed by atoms with Crippen molar-refractivity contribution in [1.29, 1.82) is 0 Å². The molecule has 1 aliphatic heterocycles. The van der Waals surface area contributed by atoms with E-state index >= 15 is 0 Å². The van der Waals surface area contributed by atoms with Crippen molar-refractivity contribution in [3.8, 4) is 11.5 Å². The molecule has 1 aliphatic carbocycles. The number of H-pyrrole nitrogens is 1. The van der Waals surface area contributed by atoms with Crippen LogP contribution in [0.4, 0.5) is 19.0 Å². The van der Waals surface area contributed by atoms with E-state index in [2.05, 4.69) is 30.0 Å². The number of alkyl halides is 3. The second-order valence-electron chi connectivity index (χ2n) is 9.58. The summed E-state index contributed by atoms with van der Waals surface area (Å²) < 4.78 is 40.9. The zero-order chi connectivity index (χ0) is 24.7. The summed E-state index contributed by atoms with van der Waals surface area (Å²) >= 11 is 0. The first kappa shape index (κ1) is 22.9. The summed E-state index contributed by atoms with van der Waals surface area (Å²) in [5.41, 5.74) is -0.328. The van der Waals surface area contributed by atoms with Crippen LogP contribution in [0.15, 0.2) is 30.9 Å². The average Bonchev–Trinajstić information content (AvgIpc) is 3.56. The second kappa shape index (κ2) is 9.14. The van der Waals surface area contributed by atoms with E-state index in [0.717, 1.165) is 43.4 Å². The van der Waals surface area contributed by atoms with Crippen molar-refractivity contribution in [2.45, 2.75) is 63.0 Å². The molecular weight excluding hydrogens is 471 g/mol. The number of rotatable bonds is 4. The van der Waals surface area contributed by atoms with E-state index in [1.54, 1.807) is 6.20 Å². The first-order valence-electron chi connectivity index (χ1n) is 12.4. The summed E-state index contributed by atoms with van der Waals surface area (Å²) in [6, 6.07) is 1.82. The van der Waals surface area contributed by atoms with Crippen LogP contribution in [0.5, 0.6) is 0 Å². The van der Waals surface area contributed by atoms with Crippen LogP contribution in [0.2, 0.25) is 0 Å². The maximum absolute atomic E-state index is 13.2. The summed E-state index contributed by atoms with van der Waals surface area (Å²) in [4.78, 5) is 23.7. The Morgan fingerprint density at radius 1 is 0.917 bits per heavy atom. The molecule has 2 aliphatic rings. The number of hydrogen-bond acceptors (Lipinski definition) is 7. The van der Waals surface area contributed by atoms with Gasteiger partial charge < -0.3 is 4.90 Å². The highest BCUT2D eigenvalue weighted by atomic mass is 19.4. The first-order chi connectivity index (χ1) is 17.5. The van der Waals surface area contributed by atoms with Crippen LogP contribution in [0.3, 0.4) is 0 Å². The Hall–Kier alpha value is -3.57. The Morgan fingerprint density at radius 3 is 2.58 bits per heavy atom. The largest absolute Gasteiger partial charge is 0.434 e. The Balaban J connectivity index is 1.24. The molecule has 5 heterocycles. The monoisotopic (exact) mass is 497 g/mol. The molecule has 6 rings (SSSR count). The fourth-order valence-corrected chi connectivity index (χ4v) is 5.27. The SMILES string of the molecule is FC(F)(F)c1cn2c(-c3nccc(N4CCCC(c5n[nH]c(C6CCCCC6)n5)C4)n3)cnc2cn1. The van der Waals surface area contributed by atoms with E-state index in [-0.39, 0.29) is 5.92 Å². The van der Waals surface area contributed by atoms with Crippen molar-refractivity contribution in [2.24, 2.45) is 0 Å². The molecule has 36 heavy (non-hydrogen) atoms. The summed E-state index contributed by atoms with van der Waals surface area (Å²) in [7, 11) is 0. The van der Waals surface area contributed by atoms with Crippen molar-refractivity contribution in [1.82, 2.24) is 39.5 Å². The first-order valence-corrected chi connectivity index (χ1v) is 12.4. The summed E-state index contributed by atoms with van der Waals surface area (Å²) in [5.74, 6) is 3.53. The van der Waals surface area contributed by atoms with E-state index in [1.807, 2.05) is 6.07 Å². The molecule has 1 saturated heterocycles. The lowest BCUT2D eigenvalue weighted by atomic mass is 9.89. The minimum absolute atomic E-state index is 0.182. The average molecular weight is 498 g/mol. The summed E-state index contributed by atoms with van der Waals surface area (Å²) in [6.07, 6.45) is 8.65. The summed E-state index contributed by atoms with van der Waals surface area (Å²) in [6.45, 7) is 1.54. The molecule has 1 saturated carbocycles. The molecule has 1 N–H and O–H groups in total. The van der Waals surface area contributed by atoms with Gasteiger partial charge in [-0.1, -0.05) is 19.3 Å². The highest BCUT2D eigenvalue weighted by molar-refractivity contribution is 5.58. The number of nitrogens with one attached hydrogen (secondary N) is 1. The standard InChI is InChI=1S/C24H26F3N9/c25-24(26,27)18-14-36-17(11-30-20(36)12-29-18)23-28-9-8-19(31-23)35-10-4-7-16(13-35)22-32-21(33-34-22)15-5-2-1-3-6-15/h8-9,11-12,14-16H,1-7,10,13H2,(H,32,33,34). The molecule has 1 atom stereocenters. The third-order valence-electron chi connectivity index (χ3n) is 7.18. The van der Waals surface area contributed by atoms with Crippen LogP contribution >= 0.6 is 0 Å². The number of fused-ring (bicyclic) bond motifs is 1. The fraction of sp³-hybridized carbons (Fsp3) is 0.500. The molecule has 0 spiro atoms. The Morgan fingerprint density at radius 2 is 1.75 bits per heavy atom. The highest BCUT2D eigenvalue weighted by Gasteiger charge is 2.33. The van der Waals surface area contributed by atoms with Gasteiger partial charge in [-0.3, -0.25) is 9.50 Å². The summed E-state index contributed by atoms with van der Waals surface area (Å²) in [5, 5.41) is 7.75. The molecule has 0 amide bonds. The quantitative estimate of drug-likeness (QED) is 0.434. The number of aromatic amines is 1. The normalized spacial score (nSPS) is 19.8. The van der Waals surface area contributed by atoms with Crippen LogP contribution in [0.25, 0.3) is 17.2 Å². The molecule has 4 aromatic rings. The smallest absolute Gasteiger partial charge is 0.356 e. The fourth-order valence-electron chi connectivity index (χ4n) is 5.27. The van der Waals surface area contributed by atoms with Gasteiger partial charge in [0.05, 0.1) is 12.4 Å². The van der Waals surface area contributed by atoms with Gasteiger partial charge in [-0.2, -0.15) is 18.3 Å². The van der Waals surface area contributed by atoms with Gasteiger partial charge in [-0.25, -0.2) is 24.9 Å². The minimum Gasteiger partial charge on any atom is -0.356 e. The van der Waals surface area contributed by atoms with Crippen molar-refractivity contribution in [3.63, 3.8) is 0 Å². The predicted octanol–water partition coefficient (Wildman–Crippen LogP) is 4.75. The van der Waals surface area contributed by atoms with Gasteiger partial charge >= 0.3 is 6.18 Å². The van der Waals surface area contributed by atoms with E-state index in [0.29, 0.717) is 35.4 Å². The second-order valence-corrected chi connectivity index (χ2v) is 9.58. The lowest BCUT2D eigenvalue weighted by Crippen LogP contribution is -2.35. The third kappa shape index (κ3) is 4.40. The Labute approximate surface area is 205 Å². The maximum Gasteiger partial charge on any atom is 0.434 e. The van der Waals surface area contributed by atoms with Crippen LogP contribution in [0, 0.1) is 0 Å². The zero-order valence-electron chi connectivity index (χ0n) is 19.6. The van der Waals surface area contributed by atoms with E-state index in [1.165, 1.54) is 42.7 Å². The molecule has 12 heteroatoms. The van der Waals surface area contributed by atoms with Crippen LogP contribution < -0.4 is 4.90 Å². The van der Waals surface area contributed by atoms with Gasteiger partial charge in [0.1, 0.15) is 17.3 Å². The molecule has 0 radical (unpaired) electrons. The lowest BCUT2D eigenvalue weighted by molar-refractivity contribution is -0.141. The molecule has 4 aromatic heterocycles. The molecular formula is C24H26F3N9. The van der Waals surface area contributed by atoms with E-state index in [9.17, 15) is 13.2 Å². The molecule has 0 aromatic carbocycles. The van der Waals surface area contributed by atoms with Gasteiger partial charge in [0, 0.05) is 37.3 Å². The molecule has 0 bridgehead atoms. The number of piperidine rings is 1. The van der Waals surface area contributed by atoms with Gasteiger partial charge in [0.15, 0.2) is 23.0 Å². The lowest BCUT2D eigenvalue weighted by Gasteiger charge is -2.32. The van der Waals surface area contributed by atoms with Crippen LogP contribution in [0.1, 0.15) is 74.1 Å². The van der Waals surface area contributed by atoms with Crippen molar-refractivity contribution < 1.29 is 13.2 Å². The molecule has 2 fully saturated rings. The molecule has 188 valence electrons. The molecule has 9 nitrogen and oxygen atoms in total. The van der Waals surface area contributed by atoms with Crippen molar-refractivity contribution in [3.05, 3.63) is 48.2 Å². The van der Waals surface area contributed by atoms with Gasteiger partial charge in [-0.05, 0) is 31.7 Å². The number of hydrogen-bond donors (Lipinski definition) is 1. The van der Waals surface area contributed by atoms with Crippen molar-refractivity contribution >= 4 is 11.5 Å². The Kier molecular flexibility index (Phi) is 5.81. The predicted molar refractivity (Wildman–Crippen MR) is 125 cm³/mol. The van der Waals surface area contributed by atoms with Crippen LogP contribution in [-0.2, 0) is 6.18 Å². The topological polar surface area (TPSA) is 101 Å². The number of nitrogens with zero attached hydrogens (tertiary/aromatic N) is 8. The number of halogens is 3. The van der Waals surface area contributed by atoms with Crippen molar-refractivity contribution in [2.75, 3.05) is 18.0 Å². The van der Waals surface area contributed by atoms with Gasteiger partial charge in [-0.15, -0.1) is 0 Å². The number of imidazole rings is 1. The molecule has 1 unspecified atom stereocenters. The minimum atomic E-state index is -4.56. The van der Waals surface area contributed by atoms with E-state index < -0.39 is 11.9 Å². The van der Waals surface area contributed by atoms with Crippen LogP contribution in [-0.4, -0.2) is 52.6 Å². The zero-order valence-corrected chi connectivity index (χ0v) is 19.6. The van der Waals surface area contributed by atoms with Gasteiger partial charge in [0.2, 0.25) is 0 Å². The van der Waals surface area contributed by atoms with Gasteiger partial charge in [0.25, 0.3) is 0 Å². The third-order valence-corrected chi connectivity index (χ3v) is 7.18. The Bertz CT molecular complexity index is 1360.